The summed E-state index contributed by atoms with van der Waals surface area (Å²) in [6, 6.07) is 3.74. The minimum atomic E-state index is -4.99. The van der Waals surface area contributed by atoms with Crippen LogP contribution in [0.15, 0.2) is 39.7 Å². The molecule has 0 radical (unpaired) electrons. The van der Waals surface area contributed by atoms with Crippen molar-refractivity contribution in [1.82, 2.24) is 9.80 Å². The zero-order valence-corrected chi connectivity index (χ0v) is 21.1. The number of carboxylic acids is 1. The van der Waals surface area contributed by atoms with Crippen molar-refractivity contribution in [3.8, 4) is 11.3 Å². The summed E-state index contributed by atoms with van der Waals surface area (Å²) in [5.41, 5.74) is -3.33. The topological polar surface area (TPSA) is 74.0 Å². The Morgan fingerprint density at radius 2 is 1.68 bits per heavy atom. The van der Waals surface area contributed by atoms with Gasteiger partial charge < -0.3 is 9.52 Å². The first-order valence-corrected chi connectivity index (χ1v) is 12.5. The Hall–Kier alpha value is -2.84. The van der Waals surface area contributed by atoms with Gasteiger partial charge in [-0.2, -0.15) is 26.3 Å². The summed E-state index contributed by atoms with van der Waals surface area (Å²) in [5, 5.41) is 8.92. The number of furan rings is 1. The zero-order chi connectivity index (χ0) is 27.8. The summed E-state index contributed by atoms with van der Waals surface area (Å²) >= 11 is 6.35. The van der Waals surface area contributed by atoms with E-state index in [-0.39, 0.29) is 40.9 Å². The fourth-order valence-electron chi connectivity index (χ4n) is 4.25. The van der Waals surface area contributed by atoms with Gasteiger partial charge in [0.15, 0.2) is 0 Å². The summed E-state index contributed by atoms with van der Waals surface area (Å²) in [4.78, 5) is 27.3. The van der Waals surface area contributed by atoms with Gasteiger partial charge in [-0.15, -0.1) is 0 Å². The van der Waals surface area contributed by atoms with Gasteiger partial charge in [-0.3, -0.25) is 19.4 Å². The number of carbonyl (C=O) groups excluding carboxylic acids is 1. The number of amides is 1. The van der Waals surface area contributed by atoms with Crippen LogP contribution in [0.3, 0.4) is 0 Å². The lowest BCUT2D eigenvalue weighted by Gasteiger charge is -2.32. The molecule has 0 unspecified atom stereocenters. The SMILES string of the molecule is O=C(O)CN1CCC(CN2C(=O)/C(=C/c3ccc(-c4cc(C(F)(F)F)cc(C(F)(F)F)c4)o3)SC2=S)CC1. The third kappa shape index (κ3) is 6.59. The largest absolute Gasteiger partial charge is 0.480 e. The van der Waals surface area contributed by atoms with E-state index in [9.17, 15) is 35.9 Å². The van der Waals surface area contributed by atoms with Gasteiger partial charge in [-0.25, -0.2) is 0 Å². The van der Waals surface area contributed by atoms with Crippen molar-refractivity contribution in [1.29, 1.82) is 0 Å². The number of halogens is 6. The van der Waals surface area contributed by atoms with Gasteiger partial charge in [-0.1, -0.05) is 24.0 Å². The van der Waals surface area contributed by atoms with Crippen LogP contribution >= 0.6 is 24.0 Å². The standard InChI is InChI=1S/C24H20F6N2O4S2/c25-23(26,27)15-7-14(8-16(9-15)24(28,29)30)18-2-1-17(36-18)10-19-21(35)32(22(37)38-19)11-13-3-5-31(6-4-13)12-20(33)34/h1-2,7-10,13H,3-6,11-12H2,(H,33,34)/b19-10-. The molecule has 0 bridgehead atoms. The number of nitrogens with zero attached hydrogens (tertiary/aromatic N) is 2. The third-order valence-corrected chi connectivity index (χ3v) is 7.53. The minimum Gasteiger partial charge on any atom is -0.480 e. The molecular weight excluding hydrogens is 558 g/mol. The molecule has 2 aromatic rings. The first kappa shape index (κ1) is 28.2. The fourth-order valence-corrected chi connectivity index (χ4v) is 5.50. The molecule has 38 heavy (non-hydrogen) atoms. The Balaban J connectivity index is 1.49. The number of likely N-dealkylation sites (tertiary alicyclic amines) is 1. The zero-order valence-electron chi connectivity index (χ0n) is 19.4. The molecule has 2 aliphatic heterocycles. The van der Waals surface area contributed by atoms with E-state index < -0.39 is 35.0 Å². The highest BCUT2D eigenvalue weighted by Crippen LogP contribution is 2.40. The van der Waals surface area contributed by atoms with E-state index in [4.69, 9.17) is 21.7 Å². The Bertz CT molecular complexity index is 1250. The van der Waals surface area contributed by atoms with Crippen LogP contribution in [-0.4, -0.2) is 57.3 Å². The van der Waals surface area contributed by atoms with Gasteiger partial charge in [0, 0.05) is 18.2 Å². The maximum absolute atomic E-state index is 13.2. The van der Waals surface area contributed by atoms with Crippen molar-refractivity contribution in [2.45, 2.75) is 25.2 Å². The number of hydrogen-bond acceptors (Lipinski definition) is 6. The van der Waals surface area contributed by atoms with Crippen LogP contribution in [0.1, 0.15) is 29.7 Å². The van der Waals surface area contributed by atoms with Crippen molar-refractivity contribution < 1.29 is 45.5 Å². The van der Waals surface area contributed by atoms with E-state index >= 15 is 0 Å². The number of piperidine rings is 1. The number of carboxylic acid groups (broad SMARTS) is 1. The Labute approximate surface area is 222 Å². The highest BCUT2D eigenvalue weighted by atomic mass is 32.2. The number of aliphatic carboxylic acids is 1. The van der Waals surface area contributed by atoms with Crippen LogP contribution in [0.2, 0.25) is 0 Å². The lowest BCUT2D eigenvalue weighted by molar-refractivity contribution is -0.143. The third-order valence-electron chi connectivity index (χ3n) is 6.15. The van der Waals surface area contributed by atoms with Crippen molar-refractivity contribution in [3.63, 3.8) is 0 Å². The van der Waals surface area contributed by atoms with E-state index in [2.05, 4.69) is 0 Å². The number of alkyl halides is 6. The van der Waals surface area contributed by atoms with Gasteiger partial charge in [-0.05, 0) is 62.2 Å². The fraction of sp³-hybridized carbons (Fsp3) is 0.375. The number of hydrogen-bond donors (Lipinski definition) is 1. The summed E-state index contributed by atoms with van der Waals surface area (Å²) in [6.07, 6.45) is -7.25. The molecule has 2 fully saturated rings. The second-order valence-electron chi connectivity index (χ2n) is 8.90. The molecule has 0 spiro atoms. The van der Waals surface area contributed by atoms with E-state index in [0.29, 0.717) is 48.9 Å². The summed E-state index contributed by atoms with van der Waals surface area (Å²) in [6.45, 7) is 1.49. The molecule has 3 heterocycles. The van der Waals surface area contributed by atoms with Gasteiger partial charge >= 0.3 is 18.3 Å². The lowest BCUT2D eigenvalue weighted by atomic mass is 9.96. The Morgan fingerprint density at radius 1 is 1.08 bits per heavy atom. The normalized spacial score (nSPS) is 19.1. The van der Waals surface area contributed by atoms with Gasteiger partial charge in [0.2, 0.25) is 0 Å². The summed E-state index contributed by atoms with van der Waals surface area (Å²) < 4.78 is 84.9. The van der Waals surface area contributed by atoms with Crippen LogP contribution in [0.5, 0.6) is 0 Å². The van der Waals surface area contributed by atoms with Gasteiger partial charge in [0.1, 0.15) is 15.8 Å². The van der Waals surface area contributed by atoms with Crippen LogP contribution in [0.25, 0.3) is 17.4 Å². The van der Waals surface area contributed by atoms with Crippen LogP contribution in [0, 0.1) is 5.92 Å². The average molecular weight is 579 g/mol. The maximum atomic E-state index is 13.2. The molecule has 0 saturated carbocycles. The summed E-state index contributed by atoms with van der Waals surface area (Å²) in [5.74, 6) is -1.32. The number of carbonyl (C=O) groups is 2. The maximum Gasteiger partial charge on any atom is 0.416 e. The molecule has 1 N–H and O–H groups in total. The molecule has 2 aliphatic rings. The first-order valence-electron chi connectivity index (χ1n) is 11.3. The Morgan fingerprint density at radius 3 is 2.24 bits per heavy atom. The molecule has 6 nitrogen and oxygen atoms in total. The lowest BCUT2D eigenvalue weighted by Crippen LogP contribution is -2.41. The highest BCUT2D eigenvalue weighted by Gasteiger charge is 2.38. The van der Waals surface area contributed by atoms with Gasteiger partial charge in [0.25, 0.3) is 5.91 Å². The smallest absolute Gasteiger partial charge is 0.416 e. The molecule has 14 heteroatoms. The minimum absolute atomic E-state index is 0.0364. The first-order chi connectivity index (χ1) is 17.7. The molecule has 4 rings (SSSR count). The molecule has 1 amide bonds. The molecule has 0 atom stereocenters. The van der Waals surface area contributed by atoms with Gasteiger partial charge in [0.05, 0.1) is 22.6 Å². The molecule has 1 aromatic heterocycles. The number of thioether (sulfide) groups is 1. The monoisotopic (exact) mass is 578 g/mol. The molecule has 0 aliphatic carbocycles. The second-order valence-corrected chi connectivity index (χ2v) is 10.6. The molecule has 2 saturated heterocycles. The predicted molar refractivity (Wildman–Crippen MR) is 131 cm³/mol. The number of benzene rings is 1. The predicted octanol–water partition coefficient (Wildman–Crippen LogP) is 5.98. The van der Waals surface area contributed by atoms with E-state index in [1.54, 1.807) is 0 Å². The average Bonchev–Trinajstić information content (AvgIpc) is 3.39. The van der Waals surface area contributed by atoms with Crippen molar-refractivity contribution in [2.75, 3.05) is 26.2 Å². The molecule has 1 aromatic carbocycles. The highest BCUT2D eigenvalue weighted by molar-refractivity contribution is 8.26. The molecule has 204 valence electrons. The quantitative estimate of drug-likeness (QED) is 0.257. The van der Waals surface area contributed by atoms with E-state index in [1.807, 2.05) is 4.90 Å². The van der Waals surface area contributed by atoms with Crippen LogP contribution in [0.4, 0.5) is 26.3 Å². The second kappa shape index (κ2) is 10.7. The number of rotatable bonds is 6. The van der Waals surface area contributed by atoms with E-state index in [1.165, 1.54) is 23.1 Å². The Kier molecular flexibility index (Phi) is 7.96. The summed E-state index contributed by atoms with van der Waals surface area (Å²) in [7, 11) is 0. The van der Waals surface area contributed by atoms with Crippen molar-refractivity contribution >= 4 is 46.3 Å². The number of thiocarbonyl (C=S) groups is 1. The van der Waals surface area contributed by atoms with Crippen molar-refractivity contribution in [2.24, 2.45) is 5.92 Å². The van der Waals surface area contributed by atoms with Crippen LogP contribution in [-0.2, 0) is 21.9 Å². The van der Waals surface area contributed by atoms with Crippen LogP contribution < -0.4 is 0 Å². The molecular formula is C24H20F6N2O4S2. The van der Waals surface area contributed by atoms with E-state index in [0.717, 1.165) is 11.8 Å². The van der Waals surface area contributed by atoms with Crippen molar-refractivity contribution in [3.05, 3.63) is 52.1 Å².